The standard InChI is InChI=1S/C25H30FN5O4/c1-15(2)23-20(10-9-18(32)13-19(33)14-22(34)35)24(16-5-7-17(26)8-6-16)29-25(28-23)30(3)21-11-12-27-31(21)4/h5-12,15,18-19,32-33H,13-14H2,1-4H3,(H,34,35)/b10-9+/t18-,19-/m1/s1. The first-order chi connectivity index (χ1) is 16.6. The highest BCUT2D eigenvalue weighted by Gasteiger charge is 2.21. The Balaban J connectivity index is 2.09. The summed E-state index contributed by atoms with van der Waals surface area (Å²) in [5.74, 6) is -0.345. The highest BCUT2D eigenvalue weighted by molar-refractivity contribution is 5.75. The number of hydrogen-bond donors (Lipinski definition) is 3. The van der Waals surface area contributed by atoms with Crippen molar-refractivity contribution in [3.8, 4) is 11.3 Å². The zero-order chi connectivity index (χ0) is 25.7. The molecule has 0 fully saturated rings. The lowest BCUT2D eigenvalue weighted by Gasteiger charge is -2.22. The van der Waals surface area contributed by atoms with Crippen LogP contribution in [0.1, 0.15) is 43.9 Å². The van der Waals surface area contributed by atoms with Gasteiger partial charge in [0.1, 0.15) is 11.6 Å². The second-order valence-corrected chi connectivity index (χ2v) is 8.62. The van der Waals surface area contributed by atoms with E-state index >= 15 is 0 Å². The van der Waals surface area contributed by atoms with Gasteiger partial charge in [0.25, 0.3) is 0 Å². The number of aryl methyl sites for hydroxylation is 1. The number of halogens is 1. The highest BCUT2D eigenvalue weighted by atomic mass is 19.1. The molecular formula is C25H30FN5O4. The Hall–Kier alpha value is -3.63. The molecule has 0 saturated carbocycles. The van der Waals surface area contributed by atoms with Gasteiger partial charge in [0, 0.05) is 37.7 Å². The first-order valence-corrected chi connectivity index (χ1v) is 11.2. The van der Waals surface area contributed by atoms with Crippen molar-refractivity contribution in [3.05, 3.63) is 59.7 Å². The van der Waals surface area contributed by atoms with Gasteiger partial charge in [-0.05, 0) is 30.2 Å². The number of carbonyl (C=O) groups is 1. The normalized spacial score (nSPS) is 13.4. The van der Waals surface area contributed by atoms with Crippen LogP contribution in [0.15, 0.2) is 42.6 Å². The maximum absolute atomic E-state index is 13.7. The summed E-state index contributed by atoms with van der Waals surface area (Å²) in [6, 6.07) is 7.78. The average molecular weight is 484 g/mol. The fraction of sp³-hybridized carbons (Fsp3) is 0.360. The minimum Gasteiger partial charge on any atom is -0.481 e. The lowest BCUT2D eigenvalue weighted by molar-refractivity contribution is -0.139. The Morgan fingerprint density at radius 1 is 1.17 bits per heavy atom. The molecule has 1 aromatic carbocycles. The first kappa shape index (κ1) is 26.0. The Morgan fingerprint density at radius 3 is 2.43 bits per heavy atom. The van der Waals surface area contributed by atoms with E-state index in [1.807, 2.05) is 34.0 Å². The van der Waals surface area contributed by atoms with E-state index in [1.54, 1.807) is 34.0 Å². The maximum atomic E-state index is 13.7. The molecule has 2 atom stereocenters. The molecule has 0 bridgehead atoms. The van der Waals surface area contributed by atoms with E-state index in [-0.39, 0.29) is 18.2 Å². The average Bonchev–Trinajstić information content (AvgIpc) is 3.22. The number of nitrogens with zero attached hydrogens (tertiary/aromatic N) is 5. The number of aliphatic hydroxyl groups excluding tert-OH is 2. The van der Waals surface area contributed by atoms with E-state index in [0.29, 0.717) is 28.5 Å². The van der Waals surface area contributed by atoms with Gasteiger partial charge >= 0.3 is 5.97 Å². The Labute approximate surface area is 203 Å². The van der Waals surface area contributed by atoms with E-state index in [0.717, 1.165) is 5.82 Å². The van der Waals surface area contributed by atoms with Crippen LogP contribution < -0.4 is 4.90 Å². The van der Waals surface area contributed by atoms with Crippen molar-refractivity contribution in [3.63, 3.8) is 0 Å². The number of carboxylic acids is 1. The number of aliphatic hydroxyl groups is 2. The molecule has 0 amide bonds. The van der Waals surface area contributed by atoms with Crippen molar-refractivity contribution < 1.29 is 24.5 Å². The van der Waals surface area contributed by atoms with Gasteiger partial charge in [-0.15, -0.1) is 0 Å². The first-order valence-electron chi connectivity index (χ1n) is 11.2. The predicted molar refractivity (Wildman–Crippen MR) is 131 cm³/mol. The van der Waals surface area contributed by atoms with Crippen LogP contribution in [-0.4, -0.2) is 60.3 Å². The molecule has 2 heterocycles. The molecule has 0 unspecified atom stereocenters. The Morgan fingerprint density at radius 2 is 1.86 bits per heavy atom. The van der Waals surface area contributed by atoms with Gasteiger partial charge in [-0.1, -0.05) is 26.0 Å². The van der Waals surface area contributed by atoms with Crippen LogP contribution in [0.4, 0.5) is 16.2 Å². The number of hydrogen-bond acceptors (Lipinski definition) is 7. The van der Waals surface area contributed by atoms with Crippen molar-refractivity contribution in [2.24, 2.45) is 7.05 Å². The van der Waals surface area contributed by atoms with Crippen LogP contribution in [-0.2, 0) is 11.8 Å². The van der Waals surface area contributed by atoms with Gasteiger partial charge in [-0.2, -0.15) is 5.10 Å². The lowest BCUT2D eigenvalue weighted by Crippen LogP contribution is -2.19. The monoisotopic (exact) mass is 483 g/mol. The fourth-order valence-corrected chi connectivity index (χ4v) is 3.70. The second kappa shape index (κ2) is 11.2. The third-order valence-corrected chi connectivity index (χ3v) is 5.48. The molecule has 0 radical (unpaired) electrons. The van der Waals surface area contributed by atoms with Gasteiger partial charge < -0.3 is 15.3 Å². The second-order valence-electron chi connectivity index (χ2n) is 8.62. The largest absolute Gasteiger partial charge is 0.481 e. The zero-order valence-electron chi connectivity index (χ0n) is 20.1. The van der Waals surface area contributed by atoms with E-state index in [9.17, 15) is 19.4 Å². The minimum absolute atomic E-state index is 0.0229. The van der Waals surface area contributed by atoms with Crippen LogP contribution in [0.5, 0.6) is 0 Å². The third-order valence-electron chi connectivity index (χ3n) is 5.48. The van der Waals surface area contributed by atoms with E-state index in [1.165, 1.54) is 18.2 Å². The molecule has 3 N–H and O–H groups in total. The molecule has 35 heavy (non-hydrogen) atoms. The number of benzene rings is 1. The minimum atomic E-state index is -1.18. The van der Waals surface area contributed by atoms with Crippen molar-refractivity contribution in [1.29, 1.82) is 0 Å². The van der Waals surface area contributed by atoms with Crippen LogP contribution in [0.2, 0.25) is 0 Å². The smallest absolute Gasteiger partial charge is 0.305 e. The van der Waals surface area contributed by atoms with Crippen molar-refractivity contribution >= 4 is 23.8 Å². The molecule has 10 heteroatoms. The molecule has 2 aromatic heterocycles. The topological polar surface area (TPSA) is 125 Å². The summed E-state index contributed by atoms with van der Waals surface area (Å²) in [7, 11) is 3.64. The highest BCUT2D eigenvalue weighted by Crippen LogP contribution is 2.32. The van der Waals surface area contributed by atoms with Crippen molar-refractivity contribution in [2.45, 2.75) is 44.8 Å². The summed E-state index contributed by atoms with van der Waals surface area (Å²) < 4.78 is 15.3. The van der Waals surface area contributed by atoms with Crippen LogP contribution in [0, 0.1) is 5.82 Å². The summed E-state index contributed by atoms with van der Waals surface area (Å²) in [6.45, 7) is 3.96. The number of carboxylic acid groups (broad SMARTS) is 1. The van der Waals surface area contributed by atoms with Gasteiger partial charge in [0.2, 0.25) is 5.95 Å². The summed E-state index contributed by atoms with van der Waals surface area (Å²) in [5, 5.41) is 33.3. The summed E-state index contributed by atoms with van der Waals surface area (Å²) >= 11 is 0. The van der Waals surface area contributed by atoms with Gasteiger partial charge in [-0.25, -0.2) is 14.4 Å². The summed E-state index contributed by atoms with van der Waals surface area (Å²) in [6.07, 6.45) is 1.97. The lowest BCUT2D eigenvalue weighted by atomic mass is 9.97. The number of aliphatic carboxylic acids is 1. The van der Waals surface area contributed by atoms with Crippen LogP contribution >= 0.6 is 0 Å². The maximum Gasteiger partial charge on any atom is 0.305 e. The van der Waals surface area contributed by atoms with Gasteiger partial charge in [0.05, 0.1) is 36.2 Å². The quantitative estimate of drug-likeness (QED) is 0.400. The molecule has 0 saturated heterocycles. The Kier molecular flexibility index (Phi) is 8.31. The fourth-order valence-electron chi connectivity index (χ4n) is 3.70. The molecule has 0 aliphatic carbocycles. The molecule has 9 nitrogen and oxygen atoms in total. The SMILES string of the molecule is CC(C)c1nc(N(C)c2ccnn2C)nc(-c2ccc(F)cc2)c1/C=C/[C@@H](O)C[C@@H](O)CC(=O)O. The molecule has 0 spiro atoms. The van der Waals surface area contributed by atoms with Crippen LogP contribution in [0.25, 0.3) is 17.3 Å². The molecule has 3 aromatic rings. The van der Waals surface area contributed by atoms with Crippen molar-refractivity contribution in [2.75, 3.05) is 11.9 Å². The summed E-state index contributed by atoms with van der Waals surface area (Å²) in [4.78, 5) is 22.2. The van der Waals surface area contributed by atoms with Gasteiger partial charge in [-0.3, -0.25) is 14.4 Å². The zero-order valence-corrected chi connectivity index (χ0v) is 20.1. The van der Waals surface area contributed by atoms with Gasteiger partial charge in [0.15, 0.2) is 0 Å². The number of aromatic nitrogens is 4. The number of rotatable bonds is 10. The molecule has 3 rings (SSSR count). The van der Waals surface area contributed by atoms with Crippen molar-refractivity contribution in [1.82, 2.24) is 19.7 Å². The van der Waals surface area contributed by atoms with E-state index < -0.39 is 24.6 Å². The molecule has 186 valence electrons. The Bertz CT molecular complexity index is 1190. The molecule has 0 aliphatic heterocycles. The number of anilines is 2. The van der Waals surface area contributed by atoms with E-state index in [4.69, 9.17) is 15.1 Å². The summed E-state index contributed by atoms with van der Waals surface area (Å²) in [5.41, 5.74) is 2.55. The molecule has 0 aliphatic rings. The predicted octanol–water partition coefficient (Wildman–Crippen LogP) is 3.51. The van der Waals surface area contributed by atoms with Crippen LogP contribution in [0.3, 0.4) is 0 Å². The van der Waals surface area contributed by atoms with E-state index in [2.05, 4.69) is 5.10 Å². The third kappa shape index (κ3) is 6.49. The molecular weight excluding hydrogens is 453 g/mol.